The van der Waals surface area contributed by atoms with Gasteiger partial charge in [0.2, 0.25) is 0 Å². The van der Waals surface area contributed by atoms with Gasteiger partial charge in [-0.05, 0) is 58.8 Å². The van der Waals surface area contributed by atoms with Gasteiger partial charge in [-0.25, -0.2) is 9.82 Å². The predicted octanol–water partition coefficient (Wildman–Crippen LogP) is 3.65. The van der Waals surface area contributed by atoms with Crippen LogP contribution in [0.25, 0.3) is 0 Å². The molecular weight excluding hydrogens is 528 g/mol. The Labute approximate surface area is 192 Å². The van der Waals surface area contributed by atoms with Gasteiger partial charge in [-0.3, -0.25) is 9.59 Å². The molecule has 2 aromatic rings. The van der Waals surface area contributed by atoms with Crippen LogP contribution in [0.5, 0.6) is 11.5 Å². The molecule has 2 aromatic carbocycles. The van der Waals surface area contributed by atoms with Crippen LogP contribution in [-0.2, 0) is 16.2 Å². The summed E-state index contributed by atoms with van der Waals surface area (Å²) in [5.74, 6) is -1.26. The maximum atomic E-state index is 14.0. The lowest BCUT2D eigenvalue weighted by Crippen LogP contribution is -2.38. The summed E-state index contributed by atoms with van der Waals surface area (Å²) in [7, 11) is 1.47. The summed E-state index contributed by atoms with van der Waals surface area (Å²) in [4.78, 5) is 23.1. The Morgan fingerprint density at radius 2 is 2.07 bits per heavy atom. The van der Waals surface area contributed by atoms with Crippen molar-refractivity contribution < 1.29 is 23.5 Å². The summed E-state index contributed by atoms with van der Waals surface area (Å²) in [6.45, 7) is 2.21. The highest BCUT2D eigenvalue weighted by Crippen LogP contribution is 2.34. The van der Waals surface area contributed by atoms with Crippen LogP contribution in [0.1, 0.15) is 24.5 Å². The second-order valence-corrected chi connectivity index (χ2v) is 7.55. The Morgan fingerprint density at radius 3 is 2.73 bits per heavy atom. The quantitative estimate of drug-likeness (QED) is 0.229. The first kappa shape index (κ1) is 23.9. The summed E-state index contributed by atoms with van der Waals surface area (Å²) in [6.07, 6.45) is 2.09. The number of benzene rings is 2. The number of amides is 2. The van der Waals surface area contributed by atoms with E-state index in [4.69, 9.17) is 21.1 Å². The molecule has 0 atom stereocenters. The zero-order chi connectivity index (χ0) is 22.1. The van der Waals surface area contributed by atoms with Gasteiger partial charge in [-0.1, -0.05) is 24.6 Å². The molecule has 0 saturated heterocycles. The SMILES string of the molecule is CCCNC(=O)C(=O)N/N=C\c1cc(I)c(OCc2c(F)cccc2Cl)c(OC)c1. The molecule has 10 heteroatoms. The monoisotopic (exact) mass is 547 g/mol. The van der Waals surface area contributed by atoms with Crippen LogP contribution in [0.2, 0.25) is 5.02 Å². The summed E-state index contributed by atoms with van der Waals surface area (Å²) >= 11 is 8.08. The topological polar surface area (TPSA) is 89.0 Å². The average molecular weight is 548 g/mol. The molecule has 0 saturated carbocycles. The maximum Gasteiger partial charge on any atom is 0.329 e. The van der Waals surface area contributed by atoms with Gasteiger partial charge in [0.15, 0.2) is 11.5 Å². The zero-order valence-corrected chi connectivity index (χ0v) is 19.2. The lowest BCUT2D eigenvalue weighted by Gasteiger charge is -2.14. The third kappa shape index (κ3) is 6.56. The van der Waals surface area contributed by atoms with Gasteiger partial charge < -0.3 is 14.8 Å². The number of hydrogen-bond acceptors (Lipinski definition) is 5. The van der Waals surface area contributed by atoms with Gasteiger partial charge in [-0.15, -0.1) is 0 Å². The van der Waals surface area contributed by atoms with Crippen molar-refractivity contribution in [3.05, 3.63) is 55.9 Å². The molecule has 30 heavy (non-hydrogen) atoms. The van der Waals surface area contributed by atoms with Gasteiger partial charge in [-0.2, -0.15) is 5.10 Å². The number of carbonyl (C=O) groups is 2. The summed E-state index contributed by atoms with van der Waals surface area (Å²) in [5.41, 5.74) is 3.00. The molecule has 0 heterocycles. The minimum absolute atomic E-state index is 0.0752. The van der Waals surface area contributed by atoms with E-state index in [-0.39, 0.29) is 17.2 Å². The van der Waals surface area contributed by atoms with Crippen molar-refractivity contribution in [2.24, 2.45) is 5.10 Å². The zero-order valence-electron chi connectivity index (χ0n) is 16.3. The number of nitrogens with one attached hydrogen (secondary N) is 2. The maximum absolute atomic E-state index is 14.0. The number of rotatable bonds is 8. The van der Waals surface area contributed by atoms with E-state index >= 15 is 0 Å². The molecule has 0 aliphatic carbocycles. The average Bonchev–Trinajstić information content (AvgIpc) is 2.72. The van der Waals surface area contributed by atoms with Crippen LogP contribution < -0.4 is 20.2 Å². The van der Waals surface area contributed by atoms with Crippen molar-refractivity contribution >= 4 is 52.2 Å². The molecule has 0 bridgehead atoms. The first-order chi connectivity index (χ1) is 14.4. The Bertz CT molecular complexity index is 936. The van der Waals surface area contributed by atoms with E-state index < -0.39 is 17.6 Å². The van der Waals surface area contributed by atoms with Crippen LogP contribution in [0.15, 0.2) is 35.4 Å². The number of nitrogens with zero attached hydrogens (tertiary/aromatic N) is 1. The third-order valence-corrected chi connectivity index (χ3v) is 4.95. The minimum atomic E-state index is -0.858. The van der Waals surface area contributed by atoms with E-state index in [1.807, 2.05) is 29.5 Å². The summed E-state index contributed by atoms with van der Waals surface area (Å²) in [5, 5.41) is 6.50. The molecule has 0 aliphatic heterocycles. The first-order valence-electron chi connectivity index (χ1n) is 8.91. The highest BCUT2D eigenvalue weighted by molar-refractivity contribution is 14.1. The van der Waals surface area contributed by atoms with Crippen molar-refractivity contribution in [1.82, 2.24) is 10.7 Å². The molecule has 160 valence electrons. The molecule has 0 spiro atoms. The highest BCUT2D eigenvalue weighted by atomic mass is 127. The number of hydrazone groups is 1. The fraction of sp³-hybridized carbons (Fsp3) is 0.250. The van der Waals surface area contributed by atoms with Gasteiger partial charge in [0.25, 0.3) is 0 Å². The second kappa shape index (κ2) is 11.7. The Hall–Kier alpha value is -2.40. The third-order valence-electron chi connectivity index (χ3n) is 3.80. The van der Waals surface area contributed by atoms with Crippen molar-refractivity contribution in [2.45, 2.75) is 20.0 Å². The fourth-order valence-electron chi connectivity index (χ4n) is 2.30. The predicted molar refractivity (Wildman–Crippen MR) is 120 cm³/mol. The number of methoxy groups -OCH3 is 1. The molecule has 0 radical (unpaired) electrons. The Balaban J connectivity index is 2.10. The largest absolute Gasteiger partial charge is 0.493 e. The molecule has 0 unspecified atom stereocenters. The normalized spacial score (nSPS) is 10.7. The first-order valence-corrected chi connectivity index (χ1v) is 10.4. The molecule has 0 aliphatic rings. The number of ether oxygens (including phenoxy) is 2. The molecule has 2 rings (SSSR count). The molecule has 7 nitrogen and oxygen atoms in total. The number of halogens is 3. The minimum Gasteiger partial charge on any atom is -0.493 e. The van der Waals surface area contributed by atoms with E-state index in [1.165, 1.54) is 25.5 Å². The van der Waals surface area contributed by atoms with E-state index in [2.05, 4.69) is 15.8 Å². The summed E-state index contributed by atoms with van der Waals surface area (Å²) < 4.78 is 25.7. The van der Waals surface area contributed by atoms with Gasteiger partial charge >= 0.3 is 11.8 Å². The van der Waals surface area contributed by atoms with Crippen LogP contribution >= 0.6 is 34.2 Å². The number of hydrogen-bond donors (Lipinski definition) is 2. The molecule has 2 N–H and O–H groups in total. The van der Waals surface area contributed by atoms with Crippen LogP contribution in [0.3, 0.4) is 0 Å². The molecular formula is C20H20ClFIN3O4. The lowest BCUT2D eigenvalue weighted by molar-refractivity contribution is -0.139. The number of carbonyl (C=O) groups excluding carboxylic acids is 2. The van der Waals surface area contributed by atoms with E-state index in [9.17, 15) is 14.0 Å². The Kier molecular flexibility index (Phi) is 9.31. The van der Waals surface area contributed by atoms with Crippen LogP contribution in [0, 0.1) is 9.39 Å². The fourth-order valence-corrected chi connectivity index (χ4v) is 3.30. The molecule has 2 amide bonds. The van der Waals surface area contributed by atoms with Crippen molar-refractivity contribution in [3.8, 4) is 11.5 Å². The molecule has 0 aromatic heterocycles. The smallest absolute Gasteiger partial charge is 0.329 e. The van der Waals surface area contributed by atoms with Crippen molar-refractivity contribution in [1.29, 1.82) is 0 Å². The summed E-state index contributed by atoms with van der Waals surface area (Å²) in [6, 6.07) is 7.78. The van der Waals surface area contributed by atoms with Gasteiger partial charge in [0.1, 0.15) is 12.4 Å². The van der Waals surface area contributed by atoms with E-state index in [1.54, 1.807) is 18.2 Å². The van der Waals surface area contributed by atoms with Crippen LogP contribution in [0.4, 0.5) is 4.39 Å². The van der Waals surface area contributed by atoms with Crippen LogP contribution in [-0.4, -0.2) is 31.7 Å². The van der Waals surface area contributed by atoms with Gasteiger partial charge in [0.05, 0.1) is 21.9 Å². The van der Waals surface area contributed by atoms with Gasteiger partial charge in [0, 0.05) is 12.1 Å². The van der Waals surface area contributed by atoms with Crippen molar-refractivity contribution in [2.75, 3.05) is 13.7 Å². The van der Waals surface area contributed by atoms with E-state index in [0.717, 1.165) is 6.42 Å². The Morgan fingerprint density at radius 1 is 1.30 bits per heavy atom. The van der Waals surface area contributed by atoms with Crippen molar-refractivity contribution in [3.63, 3.8) is 0 Å². The molecule has 0 fully saturated rings. The second-order valence-electron chi connectivity index (χ2n) is 5.98. The lowest BCUT2D eigenvalue weighted by atomic mass is 10.2. The highest BCUT2D eigenvalue weighted by Gasteiger charge is 2.15. The van der Waals surface area contributed by atoms with E-state index in [0.29, 0.717) is 27.2 Å². The standard InChI is InChI=1S/C20H20ClFIN3O4/c1-3-7-24-19(27)20(28)26-25-10-12-8-16(23)18(17(9-12)29-2)30-11-13-14(21)5-4-6-15(13)22/h4-6,8-10H,3,7,11H2,1-2H3,(H,24,27)(H,26,28)/b25-10-.